The van der Waals surface area contributed by atoms with E-state index in [1.807, 2.05) is 12.1 Å². The number of sulfonamides is 1. The Labute approximate surface area is 96.1 Å². The summed E-state index contributed by atoms with van der Waals surface area (Å²) < 4.78 is 24.7. The molecule has 0 radical (unpaired) electrons. The van der Waals surface area contributed by atoms with Gasteiger partial charge >= 0.3 is 0 Å². The first-order valence-corrected chi connectivity index (χ1v) is 7.13. The van der Waals surface area contributed by atoms with E-state index in [1.54, 1.807) is 16.4 Å². The third kappa shape index (κ3) is 2.74. The van der Waals surface area contributed by atoms with Crippen LogP contribution in [0.1, 0.15) is 18.4 Å². The van der Waals surface area contributed by atoms with Gasteiger partial charge in [0.1, 0.15) is 0 Å². The van der Waals surface area contributed by atoms with Crippen molar-refractivity contribution in [3.63, 3.8) is 0 Å². The van der Waals surface area contributed by atoms with Gasteiger partial charge in [-0.2, -0.15) is 4.31 Å². The zero-order valence-electron chi connectivity index (χ0n) is 9.26. The van der Waals surface area contributed by atoms with Crippen LogP contribution in [-0.2, 0) is 16.6 Å². The molecule has 1 aliphatic carbocycles. The second-order valence-corrected chi connectivity index (χ2v) is 6.22. The molecule has 0 bridgehead atoms. The van der Waals surface area contributed by atoms with Crippen LogP contribution in [-0.4, -0.2) is 25.0 Å². The quantitative estimate of drug-likeness (QED) is 0.804. The van der Waals surface area contributed by atoms with E-state index in [1.165, 1.54) is 6.26 Å². The van der Waals surface area contributed by atoms with Gasteiger partial charge in [-0.15, -0.1) is 0 Å². The molecule has 1 saturated carbocycles. The van der Waals surface area contributed by atoms with Crippen LogP contribution in [0.3, 0.4) is 0 Å². The Kier molecular flexibility index (Phi) is 2.90. The minimum Gasteiger partial charge on any atom is -0.399 e. The van der Waals surface area contributed by atoms with Crippen molar-refractivity contribution in [3.8, 4) is 0 Å². The Morgan fingerprint density at radius 1 is 1.31 bits per heavy atom. The third-order valence-electron chi connectivity index (χ3n) is 2.70. The van der Waals surface area contributed by atoms with E-state index in [0.29, 0.717) is 12.2 Å². The van der Waals surface area contributed by atoms with Gasteiger partial charge in [0.15, 0.2) is 0 Å². The van der Waals surface area contributed by atoms with Crippen molar-refractivity contribution in [3.05, 3.63) is 29.8 Å². The maximum Gasteiger partial charge on any atom is 0.211 e. The number of nitrogens with two attached hydrogens (primary N) is 1. The summed E-state index contributed by atoms with van der Waals surface area (Å²) in [5.41, 5.74) is 7.26. The molecule has 1 aromatic rings. The standard InChI is InChI=1S/C11H16N2O2S/c1-16(14,15)13(11-6-7-11)8-9-2-4-10(12)5-3-9/h2-5,11H,6-8,12H2,1H3. The normalized spacial score (nSPS) is 16.6. The van der Waals surface area contributed by atoms with Crippen molar-refractivity contribution in [2.24, 2.45) is 0 Å². The van der Waals surface area contributed by atoms with Crippen LogP contribution in [0.4, 0.5) is 5.69 Å². The highest BCUT2D eigenvalue weighted by Crippen LogP contribution is 2.30. The molecule has 0 saturated heterocycles. The summed E-state index contributed by atoms with van der Waals surface area (Å²) in [6.45, 7) is 0.448. The molecule has 1 aliphatic rings. The van der Waals surface area contributed by atoms with E-state index in [0.717, 1.165) is 18.4 Å². The maximum atomic E-state index is 11.6. The summed E-state index contributed by atoms with van der Waals surface area (Å²) >= 11 is 0. The molecule has 0 atom stereocenters. The molecule has 4 nitrogen and oxygen atoms in total. The van der Waals surface area contributed by atoms with E-state index in [2.05, 4.69) is 0 Å². The smallest absolute Gasteiger partial charge is 0.211 e. The Morgan fingerprint density at radius 3 is 2.31 bits per heavy atom. The zero-order valence-corrected chi connectivity index (χ0v) is 10.1. The molecule has 5 heteroatoms. The number of hydrogen-bond acceptors (Lipinski definition) is 3. The lowest BCUT2D eigenvalue weighted by Crippen LogP contribution is -2.31. The van der Waals surface area contributed by atoms with E-state index in [-0.39, 0.29) is 6.04 Å². The number of nitrogens with zero attached hydrogens (tertiary/aromatic N) is 1. The Bertz CT molecular complexity index is 463. The zero-order chi connectivity index (χ0) is 11.8. The van der Waals surface area contributed by atoms with Crippen LogP contribution in [0.25, 0.3) is 0 Å². The lowest BCUT2D eigenvalue weighted by molar-refractivity contribution is 0.402. The summed E-state index contributed by atoms with van der Waals surface area (Å²) in [7, 11) is -3.11. The third-order valence-corrected chi connectivity index (χ3v) is 3.98. The average Bonchev–Trinajstić information content (AvgIpc) is 2.98. The maximum absolute atomic E-state index is 11.6. The minimum absolute atomic E-state index is 0.201. The fourth-order valence-electron chi connectivity index (χ4n) is 1.68. The fourth-order valence-corrected chi connectivity index (χ4v) is 2.82. The molecule has 0 unspecified atom stereocenters. The van der Waals surface area contributed by atoms with Gasteiger partial charge in [0.25, 0.3) is 0 Å². The molecular weight excluding hydrogens is 224 g/mol. The van der Waals surface area contributed by atoms with Crippen molar-refractivity contribution in [1.82, 2.24) is 4.31 Å². The highest BCUT2D eigenvalue weighted by atomic mass is 32.2. The van der Waals surface area contributed by atoms with Gasteiger partial charge in [-0.05, 0) is 30.5 Å². The second-order valence-electron chi connectivity index (χ2n) is 4.28. The molecule has 88 valence electrons. The average molecular weight is 240 g/mol. The summed E-state index contributed by atoms with van der Waals surface area (Å²) in [5, 5.41) is 0. The van der Waals surface area contributed by atoms with E-state index in [4.69, 9.17) is 5.73 Å². The molecule has 1 aromatic carbocycles. The van der Waals surface area contributed by atoms with Gasteiger partial charge in [-0.1, -0.05) is 12.1 Å². The Hall–Kier alpha value is -1.07. The van der Waals surface area contributed by atoms with Crippen molar-refractivity contribution < 1.29 is 8.42 Å². The largest absolute Gasteiger partial charge is 0.399 e. The van der Waals surface area contributed by atoms with Gasteiger partial charge in [-0.25, -0.2) is 8.42 Å². The molecule has 0 heterocycles. The second kappa shape index (κ2) is 4.07. The van der Waals surface area contributed by atoms with Gasteiger partial charge in [-0.3, -0.25) is 0 Å². The molecule has 2 N–H and O–H groups in total. The minimum atomic E-state index is -3.11. The molecule has 16 heavy (non-hydrogen) atoms. The van der Waals surface area contributed by atoms with Crippen LogP contribution in [0.5, 0.6) is 0 Å². The summed E-state index contributed by atoms with van der Waals surface area (Å²) in [4.78, 5) is 0. The van der Waals surface area contributed by atoms with E-state index in [9.17, 15) is 8.42 Å². The number of nitrogen functional groups attached to an aromatic ring is 1. The highest BCUT2D eigenvalue weighted by Gasteiger charge is 2.34. The van der Waals surface area contributed by atoms with Crippen molar-refractivity contribution in [2.75, 3.05) is 12.0 Å². The van der Waals surface area contributed by atoms with Crippen LogP contribution in [0, 0.1) is 0 Å². The number of hydrogen-bond donors (Lipinski definition) is 1. The molecule has 0 aliphatic heterocycles. The summed E-state index contributed by atoms with van der Waals surface area (Å²) in [6.07, 6.45) is 3.21. The summed E-state index contributed by atoms with van der Waals surface area (Å²) in [5.74, 6) is 0. The van der Waals surface area contributed by atoms with Gasteiger partial charge in [0.05, 0.1) is 6.26 Å². The number of rotatable bonds is 4. The predicted octanol–water partition coefficient (Wildman–Crippen LogP) is 1.19. The molecule has 1 fully saturated rings. The predicted molar refractivity (Wildman–Crippen MR) is 64.3 cm³/mol. The number of benzene rings is 1. The summed E-state index contributed by atoms with van der Waals surface area (Å²) in [6, 6.07) is 7.53. The topological polar surface area (TPSA) is 63.4 Å². The monoisotopic (exact) mass is 240 g/mol. The van der Waals surface area contributed by atoms with E-state index >= 15 is 0 Å². The van der Waals surface area contributed by atoms with Crippen molar-refractivity contribution in [1.29, 1.82) is 0 Å². The molecule has 2 rings (SSSR count). The van der Waals surface area contributed by atoms with Gasteiger partial charge < -0.3 is 5.73 Å². The van der Waals surface area contributed by atoms with Crippen LogP contribution in [0.2, 0.25) is 0 Å². The van der Waals surface area contributed by atoms with Gasteiger partial charge in [0, 0.05) is 18.3 Å². The molecule has 0 aromatic heterocycles. The van der Waals surface area contributed by atoms with Gasteiger partial charge in [0.2, 0.25) is 10.0 Å². The first-order chi connectivity index (χ1) is 7.47. The lowest BCUT2D eigenvalue weighted by Gasteiger charge is -2.19. The SMILES string of the molecule is CS(=O)(=O)N(Cc1ccc(N)cc1)C1CC1. The Morgan fingerprint density at radius 2 is 1.88 bits per heavy atom. The number of anilines is 1. The molecule has 0 amide bonds. The fraction of sp³-hybridized carbons (Fsp3) is 0.455. The molecular formula is C11H16N2O2S. The van der Waals surface area contributed by atoms with Crippen LogP contribution < -0.4 is 5.73 Å². The Balaban J connectivity index is 2.15. The highest BCUT2D eigenvalue weighted by molar-refractivity contribution is 7.88. The van der Waals surface area contributed by atoms with Crippen LogP contribution >= 0.6 is 0 Å². The lowest BCUT2D eigenvalue weighted by atomic mass is 10.2. The van der Waals surface area contributed by atoms with E-state index < -0.39 is 10.0 Å². The van der Waals surface area contributed by atoms with Crippen LogP contribution in [0.15, 0.2) is 24.3 Å². The van der Waals surface area contributed by atoms with Crippen molar-refractivity contribution >= 4 is 15.7 Å². The first kappa shape index (κ1) is 11.4. The first-order valence-electron chi connectivity index (χ1n) is 5.28. The molecule has 0 spiro atoms. The van der Waals surface area contributed by atoms with Crippen molar-refractivity contribution in [2.45, 2.75) is 25.4 Å².